The normalized spacial score (nSPS) is 11.7. The molecule has 0 heterocycles. The molecule has 0 aliphatic rings. The number of hydrogen-bond acceptors (Lipinski definition) is 3. The van der Waals surface area contributed by atoms with E-state index in [1.54, 1.807) is 12.1 Å². The number of carbonyl (C=O) groups is 2. The molecule has 4 nitrogen and oxygen atoms in total. The molecule has 0 fully saturated rings. The SMILES string of the molecule is CC(=O)Oc1ccccc1C(=O)O.c1cc2ccc3ccc4ccc5ccc6ccc1c1c2c3c4c5c61. The summed E-state index contributed by atoms with van der Waals surface area (Å²) in [7, 11) is 0. The summed E-state index contributed by atoms with van der Waals surface area (Å²) in [6.45, 7) is 1.22. The molecule has 0 saturated heterocycles. The zero-order chi connectivity index (χ0) is 25.3. The predicted octanol–water partition coefficient (Wildman–Crippen LogP) is 8.23. The average Bonchev–Trinajstić information content (AvgIpc) is 2.91. The first kappa shape index (κ1) is 21.3. The molecular weight excluding hydrogens is 460 g/mol. The molecule has 8 aromatic rings. The zero-order valence-corrected chi connectivity index (χ0v) is 19.9. The largest absolute Gasteiger partial charge is 0.478 e. The van der Waals surface area contributed by atoms with Crippen molar-refractivity contribution in [1.82, 2.24) is 0 Å². The molecule has 0 unspecified atom stereocenters. The van der Waals surface area contributed by atoms with Gasteiger partial charge >= 0.3 is 11.9 Å². The molecule has 0 bridgehead atoms. The first-order valence-electron chi connectivity index (χ1n) is 12.1. The summed E-state index contributed by atoms with van der Waals surface area (Å²) in [6.07, 6.45) is 0. The minimum absolute atomic E-state index is 0.0160. The highest BCUT2D eigenvalue weighted by Gasteiger charge is 2.19. The van der Waals surface area contributed by atoms with Crippen molar-refractivity contribution in [3.8, 4) is 5.75 Å². The number of esters is 1. The Labute approximate surface area is 211 Å². The monoisotopic (exact) mass is 480 g/mol. The van der Waals surface area contributed by atoms with E-state index < -0.39 is 11.9 Å². The maximum Gasteiger partial charge on any atom is 0.339 e. The van der Waals surface area contributed by atoms with Crippen LogP contribution in [-0.4, -0.2) is 17.0 Å². The van der Waals surface area contributed by atoms with Crippen LogP contribution in [0.1, 0.15) is 17.3 Å². The second-order valence-corrected chi connectivity index (χ2v) is 9.38. The third-order valence-corrected chi connectivity index (χ3v) is 7.26. The Morgan fingerprint density at radius 3 is 1.08 bits per heavy atom. The van der Waals surface area contributed by atoms with Crippen LogP contribution in [0.15, 0.2) is 97.1 Å². The second kappa shape index (κ2) is 7.77. The summed E-state index contributed by atoms with van der Waals surface area (Å²) in [5.41, 5.74) is -0.0160. The summed E-state index contributed by atoms with van der Waals surface area (Å²) >= 11 is 0. The van der Waals surface area contributed by atoms with Gasteiger partial charge in [-0.25, -0.2) is 4.79 Å². The Kier molecular flexibility index (Phi) is 4.48. The van der Waals surface area contributed by atoms with Crippen molar-refractivity contribution in [2.75, 3.05) is 0 Å². The first-order chi connectivity index (χ1) is 18.0. The summed E-state index contributed by atoms with van der Waals surface area (Å²) < 4.78 is 4.69. The van der Waals surface area contributed by atoms with Gasteiger partial charge in [0.2, 0.25) is 0 Å². The van der Waals surface area contributed by atoms with Gasteiger partial charge < -0.3 is 9.84 Å². The van der Waals surface area contributed by atoms with Crippen LogP contribution in [0.2, 0.25) is 0 Å². The van der Waals surface area contributed by atoms with Gasteiger partial charge in [0.05, 0.1) is 0 Å². The Morgan fingerprint density at radius 1 is 0.514 bits per heavy atom. The van der Waals surface area contributed by atoms with Gasteiger partial charge in [0.25, 0.3) is 0 Å². The molecule has 0 aliphatic carbocycles. The second-order valence-electron chi connectivity index (χ2n) is 9.38. The molecule has 1 N–H and O–H groups in total. The quantitative estimate of drug-likeness (QED) is 0.117. The fraction of sp³-hybridized carbons (Fsp3) is 0.0303. The van der Waals surface area contributed by atoms with Gasteiger partial charge in [-0.2, -0.15) is 0 Å². The minimum Gasteiger partial charge on any atom is -0.478 e. The number of carboxylic acids is 1. The number of carbonyl (C=O) groups excluding carboxylic acids is 1. The van der Waals surface area contributed by atoms with E-state index in [0.717, 1.165) is 0 Å². The molecule has 0 radical (unpaired) electrons. The van der Waals surface area contributed by atoms with Crippen molar-refractivity contribution in [2.45, 2.75) is 6.92 Å². The molecular formula is C33H20O4. The maximum atomic E-state index is 10.6. The van der Waals surface area contributed by atoms with Gasteiger partial charge in [-0.15, -0.1) is 0 Å². The van der Waals surface area contributed by atoms with E-state index in [-0.39, 0.29) is 11.3 Å². The molecule has 4 heteroatoms. The number of rotatable bonds is 2. The number of carboxylic acid groups (broad SMARTS) is 1. The van der Waals surface area contributed by atoms with E-state index in [0.29, 0.717) is 0 Å². The topological polar surface area (TPSA) is 63.6 Å². The fourth-order valence-corrected chi connectivity index (χ4v) is 5.78. The molecule has 0 saturated carbocycles. The summed E-state index contributed by atoms with van der Waals surface area (Å²) in [5.74, 6) is -1.58. The Bertz CT molecular complexity index is 1730. The fourth-order valence-electron chi connectivity index (χ4n) is 5.78. The lowest BCUT2D eigenvalue weighted by atomic mass is 9.83. The lowest BCUT2D eigenvalue weighted by molar-refractivity contribution is -0.131. The van der Waals surface area contributed by atoms with Crippen molar-refractivity contribution < 1.29 is 19.4 Å². The van der Waals surface area contributed by atoms with Crippen LogP contribution >= 0.6 is 0 Å². The van der Waals surface area contributed by atoms with Gasteiger partial charge in [0.1, 0.15) is 11.3 Å². The molecule has 8 rings (SSSR count). The van der Waals surface area contributed by atoms with E-state index in [2.05, 4.69) is 77.5 Å². The highest BCUT2D eigenvalue weighted by atomic mass is 16.5. The lowest BCUT2D eigenvalue weighted by Crippen LogP contribution is -2.06. The van der Waals surface area contributed by atoms with Gasteiger partial charge in [0.15, 0.2) is 0 Å². The maximum absolute atomic E-state index is 10.6. The first-order valence-corrected chi connectivity index (χ1v) is 12.1. The smallest absolute Gasteiger partial charge is 0.339 e. The zero-order valence-electron chi connectivity index (χ0n) is 19.9. The van der Waals surface area contributed by atoms with Crippen molar-refractivity contribution in [3.63, 3.8) is 0 Å². The van der Waals surface area contributed by atoms with Crippen molar-refractivity contribution in [1.29, 1.82) is 0 Å². The standard InChI is InChI=1S/C24H12.C9H8O4/c1-2-14-5-6-16-9-11-18-12-10-17-8-7-15-4-3-13(1)19-20(14)22(16)24(18)23(17)21(15)19;1-6(10)13-8-5-3-2-4-7(8)9(11)12/h1-12H;2-5H,1H3,(H,11,12). The van der Waals surface area contributed by atoms with Crippen LogP contribution < -0.4 is 4.74 Å². The lowest BCUT2D eigenvalue weighted by Gasteiger charge is -2.20. The van der Waals surface area contributed by atoms with Crippen LogP contribution in [0.5, 0.6) is 5.75 Å². The Hall–Kier alpha value is -4.96. The third-order valence-electron chi connectivity index (χ3n) is 7.26. The molecule has 0 aliphatic heterocycles. The molecule has 8 aromatic carbocycles. The van der Waals surface area contributed by atoms with E-state index in [4.69, 9.17) is 5.11 Å². The predicted molar refractivity (Wildman–Crippen MR) is 150 cm³/mol. The van der Waals surface area contributed by atoms with Gasteiger partial charge in [-0.05, 0) is 76.8 Å². The van der Waals surface area contributed by atoms with Crippen molar-refractivity contribution in [3.05, 3.63) is 103 Å². The van der Waals surface area contributed by atoms with Crippen LogP contribution in [-0.2, 0) is 4.79 Å². The minimum atomic E-state index is -1.11. The van der Waals surface area contributed by atoms with E-state index in [1.165, 1.54) is 83.7 Å². The molecule has 0 spiro atoms. The average molecular weight is 481 g/mol. The molecule has 37 heavy (non-hydrogen) atoms. The number of aromatic carboxylic acids is 1. The molecule has 0 amide bonds. The number of benzene rings is 8. The van der Waals surface area contributed by atoms with Crippen LogP contribution in [0.25, 0.3) is 64.6 Å². The van der Waals surface area contributed by atoms with Crippen LogP contribution in [0.4, 0.5) is 0 Å². The summed E-state index contributed by atoms with van der Waals surface area (Å²) in [4.78, 5) is 21.2. The van der Waals surface area contributed by atoms with Gasteiger partial charge in [-0.3, -0.25) is 4.79 Å². The van der Waals surface area contributed by atoms with Crippen molar-refractivity contribution in [2.24, 2.45) is 0 Å². The summed E-state index contributed by atoms with van der Waals surface area (Å²) in [5, 5.41) is 25.4. The third kappa shape index (κ3) is 3.09. The highest BCUT2D eigenvalue weighted by molar-refractivity contribution is 6.44. The van der Waals surface area contributed by atoms with Crippen LogP contribution in [0.3, 0.4) is 0 Å². The molecule has 176 valence electrons. The van der Waals surface area contributed by atoms with E-state index >= 15 is 0 Å². The summed E-state index contributed by atoms with van der Waals surface area (Å²) in [6, 6.07) is 33.3. The molecule has 0 aromatic heterocycles. The van der Waals surface area contributed by atoms with Gasteiger partial charge in [-0.1, -0.05) is 84.9 Å². The number of hydrogen-bond donors (Lipinski definition) is 1. The number of ether oxygens (including phenoxy) is 1. The van der Waals surface area contributed by atoms with Crippen LogP contribution in [0, 0.1) is 0 Å². The van der Waals surface area contributed by atoms with E-state index in [9.17, 15) is 9.59 Å². The van der Waals surface area contributed by atoms with Gasteiger partial charge in [0, 0.05) is 6.92 Å². The highest BCUT2D eigenvalue weighted by Crippen LogP contribution is 2.47. The van der Waals surface area contributed by atoms with E-state index in [1.807, 2.05) is 0 Å². The Balaban J connectivity index is 0.000000153. The molecule has 0 atom stereocenters. The van der Waals surface area contributed by atoms with Crippen molar-refractivity contribution >= 4 is 76.6 Å². The Morgan fingerprint density at radius 2 is 0.811 bits per heavy atom. The number of para-hydroxylation sites is 1.